The van der Waals surface area contributed by atoms with Crippen molar-refractivity contribution in [3.05, 3.63) is 0 Å². The first-order valence-corrected chi connectivity index (χ1v) is 6.84. The molecule has 0 radical (unpaired) electrons. The van der Waals surface area contributed by atoms with Crippen molar-refractivity contribution in [1.29, 1.82) is 0 Å². The third-order valence-corrected chi connectivity index (χ3v) is 3.44. The molecule has 0 aromatic heterocycles. The van der Waals surface area contributed by atoms with Gasteiger partial charge in [0, 0.05) is 26.1 Å². The molecule has 3 heteroatoms. The van der Waals surface area contributed by atoms with Crippen molar-refractivity contribution in [3.63, 3.8) is 0 Å². The molecule has 0 aromatic carbocycles. The van der Waals surface area contributed by atoms with E-state index < -0.39 is 0 Å². The Bertz CT molecular complexity index is 222. The average molecular weight is 224 g/mol. The first-order chi connectivity index (χ1) is 7.95. The summed E-state index contributed by atoms with van der Waals surface area (Å²) in [4.78, 5) is 4.57. The Morgan fingerprint density at radius 1 is 1.19 bits per heavy atom. The third-order valence-electron chi connectivity index (χ3n) is 3.44. The fourth-order valence-corrected chi connectivity index (χ4v) is 2.43. The number of ether oxygens (including phenoxy) is 1. The van der Waals surface area contributed by atoms with Crippen molar-refractivity contribution >= 4 is 5.84 Å². The van der Waals surface area contributed by atoms with Crippen LogP contribution in [0.3, 0.4) is 0 Å². The summed E-state index contributed by atoms with van der Waals surface area (Å²) in [5.41, 5.74) is 0. The second-order valence-corrected chi connectivity index (χ2v) is 4.84. The predicted molar refractivity (Wildman–Crippen MR) is 67.0 cm³/mol. The van der Waals surface area contributed by atoms with Gasteiger partial charge in [-0.3, -0.25) is 4.99 Å². The lowest BCUT2D eigenvalue weighted by Gasteiger charge is -2.22. The van der Waals surface area contributed by atoms with Crippen LogP contribution < -0.4 is 5.32 Å². The molecule has 1 unspecified atom stereocenters. The molecular formula is C13H24N2O. The molecule has 16 heavy (non-hydrogen) atoms. The summed E-state index contributed by atoms with van der Waals surface area (Å²) in [7, 11) is 0. The van der Waals surface area contributed by atoms with Crippen LogP contribution in [0.1, 0.15) is 51.4 Å². The zero-order chi connectivity index (χ0) is 11.1. The van der Waals surface area contributed by atoms with E-state index in [9.17, 15) is 0 Å². The van der Waals surface area contributed by atoms with Crippen molar-refractivity contribution in [1.82, 2.24) is 5.32 Å². The molecule has 1 saturated heterocycles. The van der Waals surface area contributed by atoms with E-state index in [-0.39, 0.29) is 0 Å². The van der Waals surface area contributed by atoms with Gasteiger partial charge in [-0.2, -0.15) is 0 Å². The van der Waals surface area contributed by atoms with Crippen LogP contribution in [0.15, 0.2) is 4.99 Å². The Morgan fingerprint density at radius 2 is 2.19 bits per heavy atom. The molecule has 0 aromatic rings. The van der Waals surface area contributed by atoms with Gasteiger partial charge < -0.3 is 10.1 Å². The van der Waals surface area contributed by atoms with Gasteiger partial charge in [-0.15, -0.1) is 0 Å². The van der Waals surface area contributed by atoms with Crippen molar-refractivity contribution < 1.29 is 4.74 Å². The topological polar surface area (TPSA) is 33.6 Å². The lowest BCUT2D eigenvalue weighted by molar-refractivity contribution is 0.0122. The maximum atomic E-state index is 5.71. The summed E-state index contributed by atoms with van der Waals surface area (Å²) in [5.74, 6) is 1.23. The number of hydrogen-bond donors (Lipinski definition) is 1. The highest BCUT2D eigenvalue weighted by Gasteiger charge is 2.13. The maximum Gasteiger partial charge on any atom is 0.0963 e. The van der Waals surface area contributed by atoms with Crippen LogP contribution in [0.5, 0.6) is 0 Å². The van der Waals surface area contributed by atoms with Crippen LogP contribution >= 0.6 is 0 Å². The summed E-state index contributed by atoms with van der Waals surface area (Å²) < 4.78 is 5.71. The van der Waals surface area contributed by atoms with Crippen molar-refractivity contribution in [2.75, 3.05) is 19.7 Å². The number of amidine groups is 1. The number of aliphatic imine (C=N–C) groups is 1. The monoisotopic (exact) mass is 224 g/mol. The Hall–Kier alpha value is -0.570. The van der Waals surface area contributed by atoms with Crippen LogP contribution in [0.25, 0.3) is 0 Å². The van der Waals surface area contributed by atoms with E-state index in [1.807, 2.05) is 0 Å². The molecule has 0 saturated carbocycles. The fourth-order valence-electron chi connectivity index (χ4n) is 2.43. The van der Waals surface area contributed by atoms with Gasteiger partial charge in [-0.25, -0.2) is 0 Å². The molecule has 1 fully saturated rings. The zero-order valence-electron chi connectivity index (χ0n) is 10.2. The lowest BCUT2D eigenvalue weighted by Crippen LogP contribution is -2.29. The SMILES string of the molecule is C1CCN=C(NCCC2CCCCO2)CC1. The molecule has 0 bridgehead atoms. The van der Waals surface area contributed by atoms with Gasteiger partial charge in [0.2, 0.25) is 0 Å². The highest BCUT2D eigenvalue weighted by atomic mass is 16.5. The Kier molecular flexibility index (Phi) is 5.13. The van der Waals surface area contributed by atoms with E-state index in [0.29, 0.717) is 6.10 Å². The van der Waals surface area contributed by atoms with Gasteiger partial charge in [0.1, 0.15) is 0 Å². The smallest absolute Gasteiger partial charge is 0.0963 e. The molecule has 2 aliphatic heterocycles. The van der Waals surface area contributed by atoms with Crippen LogP contribution in [-0.2, 0) is 4.74 Å². The van der Waals surface area contributed by atoms with Crippen LogP contribution in [0.2, 0.25) is 0 Å². The molecule has 0 amide bonds. The zero-order valence-corrected chi connectivity index (χ0v) is 10.2. The molecule has 0 aliphatic carbocycles. The minimum absolute atomic E-state index is 0.493. The van der Waals surface area contributed by atoms with Gasteiger partial charge in [-0.05, 0) is 38.5 Å². The fraction of sp³-hybridized carbons (Fsp3) is 0.923. The Balaban J connectivity index is 1.60. The standard InChI is InChI=1S/C13H24N2O/c1-2-7-13(14-9-4-1)15-10-8-12-6-3-5-11-16-12/h12H,1-11H2,(H,14,15). The largest absolute Gasteiger partial charge is 0.378 e. The van der Waals surface area contributed by atoms with Gasteiger partial charge in [0.15, 0.2) is 0 Å². The van der Waals surface area contributed by atoms with Crippen molar-refractivity contribution in [2.45, 2.75) is 57.5 Å². The Morgan fingerprint density at radius 3 is 3.06 bits per heavy atom. The normalized spacial score (nSPS) is 27.0. The predicted octanol–water partition coefficient (Wildman–Crippen LogP) is 2.51. The minimum atomic E-state index is 0.493. The van der Waals surface area contributed by atoms with E-state index >= 15 is 0 Å². The molecule has 2 heterocycles. The average Bonchev–Trinajstić information content (AvgIpc) is 2.59. The molecule has 1 atom stereocenters. The number of rotatable bonds is 3. The van der Waals surface area contributed by atoms with Crippen LogP contribution in [-0.4, -0.2) is 31.6 Å². The molecule has 2 rings (SSSR count). The van der Waals surface area contributed by atoms with Gasteiger partial charge in [-0.1, -0.05) is 6.42 Å². The highest BCUT2D eigenvalue weighted by molar-refractivity contribution is 5.82. The quantitative estimate of drug-likeness (QED) is 0.799. The van der Waals surface area contributed by atoms with E-state index in [2.05, 4.69) is 10.3 Å². The van der Waals surface area contributed by atoms with E-state index in [1.165, 1.54) is 44.4 Å². The molecule has 92 valence electrons. The van der Waals surface area contributed by atoms with E-state index in [1.54, 1.807) is 0 Å². The third kappa shape index (κ3) is 4.12. The molecule has 3 nitrogen and oxygen atoms in total. The summed E-state index contributed by atoms with van der Waals surface area (Å²) in [6, 6.07) is 0. The summed E-state index contributed by atoms with van der Waals surface area (Å²) >= 11 is 0. The maximum absolute atomic E-state index is 5.71. The first-order valence-electron chi connectivity index (χ1n) is 6.84. The summed E-state index contributed by atoms with van der Waals surface area (Å²) in [6.45, 7) is 3.01. The molecule has 0 spiro atoms. The first kappa shape index (κ1) is 11.9. The van der Waals surface area contributed by atoms with Gasteiger partial charge in [0.25, 0.3) is 0 Å². The summed E-state index contributed by atoms with van der Waals surface area (Å²) in [6.07, 6.45) is 10.5. The number of hydrogen-bond acceptors (Lipinski definition) is 3. The van der Waals surface area contributed by atoms with Gasteiger partial charge in [0.05, 0.1) is 11.9 Å². The van der Waals surface area contributed by atoms with Crippen LogP contribution in [0, 0.1) is 0 Å². The van der Waals surface area contributed by atoms with Crippen molar-refractivity contribution in [2.24, 2.45) is 4.99 Å². The number of nitrogens with zero attached hydrogens (tertiary/aromatic N) is 1. The highest BCUT2D eigenvalue weighted by Crippen LogP contribution is 2.15. The van der Waals surface area contributed by atoms with Crippen molar-refractivity contribution in [3.8, 4) is 0 Å². The Labute approximate surface area is 98.7 Å². The summed E-state index contributed by atoms with van der Waals surface area (Å²) in [5, 5.41) is 3.48. The molecule has 2 aliphatic rings. The van der Waals surface area contributed by atoms with E-state index in [0.717, 1.165) is 32.5 Å². The van der Waals surface area contributed by atoms with E-state index in [4.69, 9.17) is 4.74 Å². The molecule has 1 N–H and O–H groups in total. The molecular weight excluding hydrogens is 200 g/mol. The second kappa shape index (κ2) is 6.89. The lowest BCUT2D eigenvalue weighted by atomic mass is 10.1. The van der Waals surface area contributed by atoms with Crippen LogP contribution in [0.4, 0.5) is 0 Å². The van der Waals surface area contributed by atoms with Gasteiger partial charge >= 0.3 is 0 Å². The number of nitrogens with one attached hydrogen (secondary N) is 1. The minimum Gasteiger partial charge on any atom is -0.378 e. The second-order valence-electron chi connectivity index (χ2n) is 4.84.